The molecule has 8 aromatic carbocycles. The van der Waals surface area contributed by atoms with E-state index in [0.717, 1.165) is 7.11 Å². The Morgan fingerprint density at radius 1 is 0.314 bits per heavy atom. The second kappa shape index (κ2) is 41.8. The van der Waals surface area contributed by atoms with E-state index in [1.807, 2.05) is 121 Å². The first-order chi connectivity index (χ1) is 47.1. The van der Waals surface area contributed by atoms with Crippen molar-refractivity contribution in [3.8, 4) is 69.0 Å². The van der Waals surface area contributed by atoms with E-state index >= 15 is 9.13 Å². The topological polar surface area (TPSA) is 345 Å². The molecule has 0 N–H and O–H groups in total. The maximum Gasteiger partial charge on any atom is 1.00 e. The molecule has 2 aliphatic heterocycles. The van der Waals surface area contributed by atoms with Gasteiger partial charge in [-0.2, -0.15) is 0 Å². The Balaban J connectivity index is 0.000000410. The molecule has 0 unspecified atom stereocenters. The summed E-state index contributed by atoms with van der Waals surface area (Å²) in [7, 11) is -9.65. The molecule has 2 fully saturated rings. The van der Waals surface area contributed by atoms with Crippen LogP contribution in [0.25, 0.3) is 0 Å². The summed E-state index contributed by atoms with van der Waals surface area (Å²) in [5.74, 6) is -0.842. The predicted octanol–water partition coefficient (Wildman–Crippen LogP) is -0.713. The summed E-state index contributed by atoms with van der Waals surface area (Å²) in [6.45, 7) is -1.11. The van der Waals surface area contributed by atoms with Crippen LogP contribution in [0.1, 0.15) is 68.9 Å². The molecule has 0 spiro atoms. The van der Waals surface area contributed by atoms with Crippen molar-refractivity contribution in [2.24, 2.45) is 0 Å². The van der Waals surface area contributed by atoms with E-state index in [0.29, 0.717) is 56.4 Å². The fourth-order valence-electron chi connectivity index (χ4n) is 10.1. The van der Waals surface area contributed by atoms with E-state index in [-0.39, 0.29) is 198 Å². The number of phosphoric acid groups is 4. The SMILES string of the molecule is COc1cc([C@@H]2OCO[C@H]2c2ccc(OC)c(OP(=O)(OCc3ccccc3)OCc3ccccc3)c2OP(=O)(OCc2ccccc2)OCc2ccccc2)cc(OC)c1OC.COc1cc([C@@H]2OCO[C@H]2c2ccc(OC)c(OP(=O)([O-])[O-])c2OP(=O)([O-])[O-])cc(OC)c1OC.[Na+].[Na+].[Na+].[Na+]. The minimum atomic E-state index is -5.79. The van der Waals surface area contributed by atoms with Crippen LogP contribution in [-0.2, 0) is 81.7 Å². The molecule has 10 rings (SSSR count). The Bertz CT molecular complexity index is 4000. The van der Waals surface area contributed by atoms with Crippen LogP contribution in [0.5, 0.6) is 69.0 Å². The Labute approximate surface area is 678 Å². The largest absolute Gasteiger partial charge is 1.00 e. The third-order valence-corrected chi connectivity index (χ3v) is 18.0. The van der Waals surface area contributed by atoms with Crippen molar-refractivity contribution in [1.82, 2.24) is 0 Å². The van der Waals surface area contributed by atoms with E-state index in [1.54, 1.807) is 36.4 Å². The fourth-order valence-corrected chi connectivity index (χ4v) is 13.3. The first-order valence-electron chi connectivity index (χ1n) is 29.4. The standard InChI is InChI=1S/C47H48O14P2.C19H24O14P2.4Na/c1-50-40-26-25-39(44-43(54-33-55-44)38-27-41(51-2)46(53-4)42(28-38)52-3)45(60-62(48,56-29-34-17-9-5-10-18-34)57-30-35-19-11-6-12-20-35)47(40)61-63(49,58-31-36-21-13-7-14-22-36)59-32-37-23-15-8-16-24-37;1-26-12-6-5-11(17(32-34(20,21)22)19(12)33-35(23,24)25)16-15(30-9-31-16)10-7-13(27-2)18(29-4)14(8-10)28-3;;;;/h5-28,43-44H,29-33H2,1-4H3;5-8,15-16H,9H2,1-4H3,(H2,20,21,22)(H2,23,24,25);;;;/q;;4*+1/p-4/t43-,44-;15-,16-;;;;/m00..../s1. The van der Waals surface area contributed by atoms with E-state index in [4.69, 9.17) is 84.0 Å². The zero-order valence-corrected chi connectivity index (χ0v) is 69.5. The molecular weight excluding hydrogens is 1460 g/mol. The summed E-state index contributed by atoms with van der Waals surface area (Å²) in [6.07, 6.45) is -4.00. The zero-order valence-electron chi connectivity index (χ0n) is 57.9. The van der Waals surface area contributed by atoms with Gasteiger partial charge in [0.2, 0.25) is 23.0 Å². The first kappa shape index (κ1) is 88.4. The molecule has 2 heterocycles. The van der Waals surface area contributed by atoms with Gasteiger partial charge in [-0.05, 0) is 81.9 Å². The maximum atomic E-state index is 15.2. The van der Waals surface area contributed by atoms with Gasteiger partial charge in [-0.1, -0.05) is 121 Å². The van der Waals surface area contributed by atoms with Crippen LogP contribution in [0.2, 0.25) is 0 Å². The van der Waals surface area contributed by atoms with Gasteiger partial charge in [0.1, 0.15) is 53.6 Å². The molecule has 36 heteroatoms. The van der Waals surface area contributed by atoms with Crippen LogP contribution >= 0.6 is 31.3 Å². The van der Waals surface area contributed by atoms with Gasteiger partial charge in [0.25, 0.3) is 0 Å². The van der Waals surface area contributed by atoms with Crippen LogP contribution in [0, 0.1) is 0 Å². The molecule has 0 aliphatic carbocycles. The number of ether oxygens (including phenoxy) is 12. The summed E-state index contributed by atoms with van der Waals surface area (Å²) in [5, 5.41) is 0. The minimum absolute atomic E-state index is 0. The van der Waals surface area contributed by atoms with Crippen molar-refractivity contribution >= 4 is 31.3 Å². The Kier molecular flexibility index (Phi) is 36.2. The summed E-state index contributed by atoms with van der Waals surface area (Å²) < 4.78 is 166. The molecule has 2 saturated heterocycles. The average molecular weight is 1530 g/mol. The fraction of sp³-hybridized carbons (Fsp3) is 0.273. The Morgan fingerprint density at radius 3 is 0.843 bits per heavy atom. The van der Waals surface area contributed by atoms with E-state index in [2.05, 4.69) is 9.05 Å². The van der Waals surface area contributed by atoms with E-state index in [9.17, 15) is 28.7 Å². The van der Waals surface area contributed by atoms with Gasteiger partial charge in [0.15, 0.2) is 46.0 Å². The van der Waals surface area contributed by atoms with Crippen LogP contribution < -0.4 is 194 Å². The van der Waals surface area contributed by atoms with Gasteiger partial charge in [-0.15, -0.1) is 0 Å². The first-order valence-corrected chi connectivity index (χ1v) is 35.2. The molecule has 0 saturated carbocycles. The average Bonchev–Trinajstić information content (AvgIpc) is 1.35. The molecule has 0 aromatic heterocycles. The number of hydrogen-bond donors (Lipinski definition) is 0. The van der Waals surface area contributed by atoms with Crippen LogP contribution in [0.15, 0.2) is 170 Å². The van der Waals surface area contributed by atoms with Crippen molar-refractivity contribution in [2.45, 2.75) is 50.8 Å². The van der Waals surface area contributed by atoms with Gasteiger partial charge in [-0.3, -0.25) is 18.1 Å². The van der Waals surface area contributed by atoms with E-state index in [1.165, 1.54) is 61.9 Å². The maximum absolute atomic E-state index is 15.2. The van der Waals surface area contributed by atoms with Crippen LogP contribution in [0.3, 0.4) is 0 Å². The van der Waals surface area contributed by atoms with Crippen molar-refractivity contribution < 1.29 is 249 Å². The Morgan fingerprint density at radius 2 is 0.569 bits per heavy atom. The molecular formula is C66H68Na4O28P4. The minimum Gasteiger partial charge on any atom is -0.780 e. The van der Waals surface area contributed by atoms with Gasteiger partial charge in [0, 0.05) is 11.1 Å². The normalized spacial score (nSPS) is 15.6. The Hall–Kier alpha value is -4.20. The molecule has 0 amide bonds. The van der Waals surface area contributed by atoms with Crippen molar-refractivity contribution in [2.75, 3.05) is 70.5 Å². The zero-order chi connectivity index (χ0) is 70.0. The summed E-state index contributed by atoms with van der Waals surface area (Å²) in [6, 6.07) is 48.6. The van der Waals surface area contributed by atoms with E-state index < -0.39 is 73.0 Å². The number of methoxy groups -OCH3 is 8. The van der Waals surface area contributed by atoms with Gasteiger partial charge < -0.3 is 104 Å². The monoisotopic (exact) mass is 1520 g/mol. The third kappa shape index (κ3) is 23.9. The molecule has 4 atom stereocenters. The molecule has 28 nitrogen and oxygen atoms in total. The van der Waals surface area contributed by atoms with Crippen molar-refractivity contribution in [3.63, 3.8) is 0 Å². The second-order valence-corrected chi connectivity index (χ2v) is 26.1. The molecule has 8 aromatic rings. The summed E-state index contributed by atoms with van der Waals surface area (Å²) >= 11 is 0. The molecule has 102 heavy (non-hydrogen) atoms. The summed E-state index contributed by atoms with van der Waals surface area (Å²) in [5.41, 5.74) is 3.80. The quantitative estimate of drug-likeness (QED) is 0.0371. The molecule has 0 radical (unpaired) electrons. The predicted molar refractivity (Wildman–Crippen MR) is 341 cm³/mol. The number of phosphoric ester groups is 4. The second-order valence-electron chi connectivity index (χ2n) is 20.7. The van der Waals surface area contributed by atoms with Crippen molar-refractivity contribution in [1.29, 1.82) is 0 Å². The van der Waals surface area contributed by atoms with Crippen molar-refractivity contribution in [3.05, 3.63) is 214 Å². The number of rotatable bonds is 32. The van der Waals surface area contributed by atoms with Gasteiger partial charge in [-0.25, -0.2) is 9.13 Å². The molecule has 524 valence electrons. The van der Waals surface area contributed by atoms with Gasteiger partial charge in [0.05, 0.1) is 83.3 Å². The number of hydrogen-bond acceptors (Lipinski definition) is 28. The van der Waals surface area contributed by atoms with Crippen LogP contribution in [-0.4, -0.2) is 70.5 Å². The molecule has 0 bridgehead atoms. The smallest absolute Gasteiger partial charge is 0.780 e. The van der Waals surface area contributed by atoms with Gasteiger partial charge >= 0.3 is 134 Å². The number of benzene rings is 8. The molecule has 2 aliphatic rings. The van der Waals surface area contributed by atoms with Crippen LogP contribution in [0.4, 0.5) is 0 Å². The third-order valence-electron chi connectivity index (χ3n) is 14.6. The summed E-state index contributed by atoms with van der Waals surface area (Å²) in [4.78, 5) is 45.6.